The van der Waals surface area contributed by atoms with Gasteiger partial charge in [-0.05, 0) is 24.4 Å². The lowest BCUT2D eigenvalue weighted by molar-refractivity contribution is 0.791. The van der Waals surface area contributed by atoms with Crippen LogP contribution in [0.4, 0.5) is 0 Å². The van der Waals surface area contributed by atoms with Gasteiger partial charge in [0, 0.05) is 5.38 Å². The number of thiazole rings is 1. The van der Waals surface area contributed by atoms with E-state index in [-0.39, 0.29) is 0 Å². The maximum atomic E-state index is 6.12. The summed E-state index contributed by atoms with van der Waals surface area (Å²) in [5.41, 5.74) is 4.72. The summed E-state index contributed by atoms with van der Waals surface area (Å²) in [6, 6.07) is 5.77. The van der Waals surface area contributed by atoms with Crippen molar-refractivity contribution in [2.24, 2.45) is 0 Å². The molecule has 0 amide bonds. The van der Waals surface area contributed by atoms with Crippen molar-refractivity contribution in [3.63, 3.8) is 0 Å². The summed E-state index contributed by atoms with van der Waals surface area (Å²) >= 11 is 13.0. The van der Waals surface area contributed by atoms with E-state index < -0.39 is 0 Å². The average molecular weight is 282 g/mol. The molecule has 0 aliphatic carbocycles. The number of nitrogens with zero attached hydrogens (tertiary/aromatic N) is 2. The summed E-state index contributed by atoms with van der Waals surface area (Å²) < 4.78 is 2.67. The van der Waals surface area contributed by atoms with Crippen molar-refractivity contribution in [3.05, 3.63) is 44.6 Å². The van der Waals surface area contributed by atoms with Gasteiger partial charge in [-0.3, -0.25) is 0 Å². The number of hydrogen-bond donors (Lipinski definition) is 1. The van der Waals surface area contributed by atoms with Gasteiger partial charge in [0.05, 0.1) is 33.8 Å². The Labute approximate surface area is 112 Å². The summed E-state index contributed by atoms with van der Waals surface area (Å²) in [7, 11) is 0. The van der Waals surface area contributed by atoms with E-state index in [1.54, 1.807) is 11.3 Å². The van der Waals surface area contributed by atoms with Crippen LogP contribution in [0, 0.1) is 4.77 Å². The molecule has 6 heteroatoms. The van der Waals surface area contributed by atoms with Crippen LogP contribution in [0.3, 0.4) is 0 Å². The van der Waals surface area contributed by atoms with Crippen LogP contribution in [-0.2, 0) is 6.54 Å². The minimum Gasteiger partial charge on any atom is -0.329 e. The Hall–Kier alpha value is -1.17. The number of para-hydroxylation sites is 1. The van der Waals surface area contributed by atoms with Crippen molar-refractivity contribution in [2.45, 2.75) is 6.54 Å². The van der Waals surface area contributed by atoms with Crippen molar-refractivity contribution in [1.82, 2.24) is 14.5 Å². The number of nitrogens with one attached hydrogen (secondary N) is 1. The fourth-order valence-electron chi connectivity index (χ4n) is 1.78. The number of H-pyrrole nitrogens is 1. The number of halogens is 1. The second kappa shape index (κ2) is 4.25. The van der Waals surface area contributed by atoms with Crippen LogP contribution in [0.15, 0.2) is 29.1 Å². The molecule has 1 aromatic carbocycles. The van der Waals surface area contributed by atoms with E-state index in [1.807, 2.05) is 33.7 Å². The Bertz CT molecular complexity index is 712. The highest BCUT2D eigenvalue weighted by atomic mass is 35.5. The molecular formula is C11H8ClN3S2. The van der Waals surface area contributed by atoms with Crippen molar-refractivity contribution in [1.29, 1.82) is 0 Å². The summed E-state index contributed by atoms with van der Waals surface area (Å²) in [5, 5.41) is 2.70. The third-order valence-electron chi connectivity index (χ3n) is 2.56. The number of imidazole rings is 1. The van der Waals surface area contributed by atoms with Crippen molar-refractivity contribution in [2.75, 3.05) is 0 Å². The van der Waals surface area contributed by atoms with Gasteiger partial charge in [-0.25, -0.2) is 4.98 Å². The first-order chi connectivity index (χ1) is 8.25. The molecular weight excluding hydrogens is 274 g/mol. The van der Waals surface area contributed by atoms with Crippen LogP contribution in [0.5, 0.6) is 0 Å². The molecule has 0 atom stereocenters. The number of benzene rings is 1. The van der Waals surface area contributed by atoms with E-state index >= 15 is 0 Å². The third kappa shape index (κ3) is 1.90. The Balaban J connectivity index is 2.19. The molecule has 0 fully saturated rings. The highest BCUT2D eigenvalue weighted by molar-refractivity contribution is 7.71. The number of hydrogen-bond acceptors (Lipinski definition) is 3. The number of fused-ring (bicyclic) bond motifs is 1. The normalized spacial score (nSPS) is 11.1. The Morgan fingerprint density at radius 3 is 3.12 bits per heavy atom. The van der Waals surface area contributed by atoms with Crippen LogP contribution < -0.4 is 0 Å². The maximum absolute atomic E-state index is 6.12. The van der Waals surface area contributed by atoms with Crippen LogP contribution >= 0.6 is 35.2 Å². The largest absolute Gasteiger partial charge is 0.329 e. The van der Waals surface area contributed by atoms with E-state index in [0.717, 1.165) is 16.7 Å². The molecule has 3 nitrogen and oxygen atoms in total. The van der Waals surface area contributed by atoms with E-state index in [0.29, 0.717) is 16.3 Å². The average Bonchev–Trinajstić information content (AvgIpc) is 2.91. The van der Waals surface area contributed by atoms with Gasteiger partial charge in [-0.15, -0.1) is 11.3 Å². The minimum atomic E-state index is 0.668. The van der Waals surface area contributed by atoms with Gasteiger partial charge in [-0.2, -0.15) is 0 Å². The first-order valence-corrected chi connectivity index (χ1v) is 6.73. The molecule has 3 aromatic rings. The smallest absolute Gasteiger partial charge is 0.178 e. The lowest BCUT2D eigenvalue weighted by Crippen LogP contribution is -1.99. The molecule has 0 saturated carbocycles. The van der Waals surface area contributed by atoms with Crippen LogP contribution in [-0.4, -0.2) is 14.5 Å². The molecule has 1 N–H and O–H groups in total. The van der Waals surface area contributed by atoms with Gasteiger partial charge in [0.1, 0.15) is 0 Å². The molecule has 0 radical (unpaired) electrons. The first kappa shape index (κ1) is 11.0. The van der Waals surface area contributed by atoms with Crippen LogP contribution in [0.1, 0.15) is 5.69 Å². The minimum absolute atomic E-state index is 0.668. The third-order valence-corrected chi connectivity index (χ3v) is 3.84. The molecule has 0 aliphatic rings. The number of aromatic nitrogens is 3. The molecule has 0 bridgehead atoms. The van der Waals surface area contributed by atoms with Gasteiger partial charge in [0.15, 0.2) is 4.77 Å². The summed E-state index contributed by atoms with van der Waals surface area (Å²) in [5.74, 6) is 0. The van der Waals surface area contributed by atoms with Crippen molar-refractivity contribution < 1.29 is 0 Å². The standard InChI is InChI=1S/C11H8ClN3S2/c12-8-2-1-3-9-10(8)14-11(16)15(9)4-7-5-17-6-13-7/h1-3,5-6H,4H2,(H,14,16). The molecule has 0 unspecified atom stereocenters. The maximum Gasteiger partial charge on any atom is 0.178 e. The van der Waals surface area contributed by atoms with Crippen LogP contribution in [0.2, 0.25) is 5.02 Å². The zero-order valence-electron chi connectivity index (χ0n) is 8.68. The van der Waals surface area contributed by atoms with Crippen LogP contribution in [0.25, 0.3) is 11.0 Å². The number of rotatable bonds is 2. The molecule has 0 aliphatic heterocycles. The second-order valence-electron chi connectivity index (χ2n) is 3.63. The van der Waals surface area contributed by atoms with E-state index in [4.69, 9.17) is 23.8 Å². The van der Waals surface area contributed by atoms with Gasteiger partial charge in [-0.1, -0.05) is 17.7 Å². The lowest BCUT2D eigenvalue weighted by Gasteiger charge is -2.01. The molecule has 86 valence electrons. The fraction of sp³-hybridized carbons (Fsp3) is 0.0909. The van der Waals surface area contributed by atoms with E-state index in [2.05, 4.69) is 9.97 Å². The lowest BCUT2D eigenvalue weighted by atomic mass is 10.3. The molecule has 0 spiro atoms. The summed E-state index contributed by atoms with van der Waals surface area (Å²) in [6.07, 6.45) is 0. The predicted molar refractivity (Wildman–Crippen MR) is 73.3 cm³/mol. The van der Waals surface area contributed by atoms with Crippen molar-refractivity contribution in [3.8, 4) is 0 Å². The van der Waals surface area contributed by atoms with Gasteiger partial charge in [0.2, 0.25) is 0 Å². The van der Waals surface area contributed by atoms with Gasteiger partial charge in [0.25, 0.3) is 0 Å². The highest BCUT2D eigenvalue weighted by Crippen LogP contribution is 2.23. The van der Waals surface area contributed by atoms with Gasteiger partial charge < -0.3 is 9.55 Å². The molecule has 3 rings (SSSR count). The Morgan fingerprint density at radius 2 is 2.35 bits per heavy atom. The molecule has 2 aromatic heterocycles. The summed E-state index contributed by atoms with van der Waals surface area (Å²) in [4.78, 5) is 7.40. The van der Waals surface area contributed by atoms with Gasteiger partial charge >= 0.3 is 0 Å². The monoisotopic (exact) mass is 281 g/mol. The number of aromatic amines is 1. The van der Waals surface area contributed by atoms with Crippen molar-refractivity contribution >= 4 is 46.2 Å². The Kier molecular flexibility index (Phi) is 2.74. The zero-order valence-corrected chi connectivity index (χ0v) is 11.1. The highest BCUT2D eigenvalue weighted by Gasteiger charge is 2.08. The molecule has 0 saturated heterocycles. The predicted octanol–water partition coefficient (Wildman–Crippen LogP) is 3.86. The van der Waals surface area contributed by atoms with E-state index in [9.17, 15) is 0 Å². The summed E-state index contributed by atoms with van der Waals surface area (Å²) in [6.45, 7) is 0.669. The topological polar surface area (TPSA) is 33.6 Å². The quantitative estimate of drug-likeness (QED) is 0.724. The fourth-order valence-corrected chi connectivity index (χ4v) is 2.81. The zero-order chi connectivity index (χ0) is 11.8. The SMILES string of the molecule is S=c1[nH]c2c(Cl)cccc2n1Cc1cscn1. The second-order valence-corrected chi connectivity index (χ2v) is 5.14. The first-order valence-electron chi connectivity index (χ1n) is 5.00. The van der Waals surface area contributed by atoms with E-state index in [1.165, 1.54) is 0 Å². The Morgan fingerprint density at radius 1 is 1.47 bits per heavy atom. The molecule has 17 heavy (non-hydrogen) atoms. The molecule has 2 heterocycles.